The van der Waals surface area contributed by atoms with Gasteiger partial charge in [-0.05, 0) is 77.4 Å². The second-order valence-electron chi connectivity index (χ2n) is 13.9. The lowest BCUT2D eigenvalue weighted by atomic mass is 10.0. The molecule has 0 aliphatic carbocycles. The number of esters is 1. The zero-order valence-electron chi connectivity index (χ0n) is 31.8. The zero-order valence-corrected chi connectivity index (χ0v) is 31.8. The van der Waals surface area contributed by atoms with Gasteiger partial charge in [-0.3, -0.25) is 14.4 Å². The molecule has 0 radical (unpaired) electrons. The summed E-state index contributed by atoms with van der Waals surface area (Å²) in [6, 6.07) is 0. The van der Waals surface area contributed by atoms with E-state index in [0.717, 1.165) is 96.5 Å². The average molecular weight is 680 g/mol. The number of hydrogen-bond donors (Lipinski definition) is 2. The molecule has 0 aliphatic rings. The maximum atomic E-state index is 12.7. The molecule has 0 saturated heterocycles. The topological polar surface area (TPSA) is 105 Å². The van der Waals surface area contributed by atoms with Crippen LogP contribution in [0.5, 0.6) is 0 Å². The Morgan fingerprint density at radius 2 is 1.08 bits per heavy atom. The normalized spacial score (nSPS) is 11.3. The van der Waals surface area contributed by atoms with E-state index in [1.165, 1.54) is 96.9 Å². The number of ether oxygens (including phenoxy) is 1. The molecule has 0 aromatic rings. The van der Waals surface area contributed by atoms with E-state index >= 15 is 0 Å². The minimum Gasteiger partial charge on any atom is -0.462 e. The van der Waals surface area contributed by atoms with Crippen molar-refractivity contribution < 1.29 is 23.9 Å². The van der Waals surface area contributed by atoms with E-state index in [4.69, 9.17) is 4.74 Å². The van der Waals surface area contributed by atoms with Crippen molar-refractivity contribution in [2.45, 2.75) is 200 Å². The van der Waals surface area contributed by atoms with Crippen LogP contribution < -0.4 is 10.6 Å². The molecule has 0 rings (SSSR count). The van der Waals surface area contributed by atoms with Crippen LogP contribution in [0.25, 0.3) is 0 Å². The zero-order chi connectivity index (χ0) is 35.3. The first-order valence-corrected chi connectivity index (χ1v) is 20.3. The summed E-state index contributed by atoms with van der Waals surface area (Å²) in [6.45, 7) is 8.09. The molecule has 8 nitrogen and oxygen atoms in total. The van der Waals surface area contributed by atoms with E-state index in [-0.39, 0.29) is 30.3 Å². The fourth-order valence-electron chi connectivity index (χ4n) is 6.20. The summed E-state index contributed by atoms with van der Waals surface area (Å²) >= 11 is 0. The number of carbonyl (C=O) groups excluding carboxylic acids is 4. The predicted molar refractivity (Wildman–Crippen MR) is 200 cm³/mol. The highest BCUT2D eigenvalue weighted by molar-refractivity contribution is 5.96. The van der Waals surface area contributed by atoms with Crippen LogP contribution in [0, 0.1) is 0 Å². The lowest BCUT2D eigenvalue weighted by Gasteiger charge is -2.22. The Bertz CT molecular complexity index is 747. The molecule has 8 heteroatoms. The summed E-state index contributed by atoms with van der Waals surface area (Å²) in [5, 5.41) is 5.34. The van der Waals surface area contributed by atoms with E-state index in [1.807, 2.05) is 0 Å². The number of nitrogens with one attached hydrogen (secondary N) is 2. The number of nitrogens with zero attached hydrogens (tertiary/aromatic N) is 1. The fraction of sp³-hybridized carbons (Fsp3) is 0.900. The maximum absolute atomic E-state index is 12.7. The van der Waals surface area contributed by atoms with Gasteiger partial charge in [0.2, 0.25) is 11.8 Å². The first-order chi connectivity index (χ1) is 23.5. The molecule has 0 heterocycles. The maximum Gasteiger partial charge on any atom is 0.306 e. The van der Waals surface area contributed by atoms with Gasteiger partial charge in [-0.1, -0.05) is 117 Å². The van der Waals surface area contributed by atoms with E-state index in [0.29, 0.717) is 19.4 Å². The molecule has 0 saturated carbocycles. The van der Waals surface area contributed by atoms with Gasteiger partial charge < -0.3 is 25.1 Å². The Labute approximate surface area is 296 Å². The molecule has 0 spiro atoms. The average Bonchev–Trinajstić information content (AvgIpc) is 3.08. The number of aldehydes is 1. The lowest BCUT2D eigenvalue weighted by Crippen LogP contribution is -2.33. The molecule has 0 atom stereocenters. The molecule has 0 aliphatic heterocycles. The standard InChI is InChI=1S/C40H77N3O5/c1-4-6-8-10-15-21-28-37(29-22-16-11-9-7-5-2)48-40(47)30-23-17-14-19-25-33-43(32-24-18-12-13-20-26-35-44)34-27-31-42-39(46)36-38(45)41-3/h35,37H,4-34,36H2,1-3H3,(H,41,45)(H,42,46). The van der Waals surface area contributed by atoms with Crippen LogP contribution in [0.4, 0.5) is 0 Å². The molecule has 48 heavy (non-hydrogen) atoms. The summed E-state index contributed by atoms with van der Waals surface area (Å²) in [5.74, 6) is -0.502. The van der Waals surface area contributed by atoms with E-state index in [1.54, 1.807) is 0 Å². The Kier molecular flexibility index (Phi) is 34.8. The highest BCUT2D eigenvalue weighted by atomic mass is 16.5. The van der Waals surface area contributed by atoms with Crippen LogP contribution in [0.2, 0.25) is 0 Å². The molecule has 282 valence electrons. The van der Waals surface area contributed by atoms with Crippen LogP contribution in [0.3, 0.4) is 0 Å². The van der Waals surface area contributed by atoms with Gasteiger partial charge in [0.25, 0.3) is 0 Å². The smallest absolute Gasteiger partial charge is 0.306 e. The van der Waals surface area contributed by atoms with Crippen molar-refractivity contribution in [2.24, 2.45) is 0 Å². The summed E-state index contributed by atoms with van der Waals surface area (Å²) < 4.78 is 6.02. The molecule has 0 aromatic heterocycles. The quantitative estimate of drug-likeness (QED) is 0.0294. The lowest BCUT2D eigenvalue weighted by molar-refractivity contribution is -0.150. The Balaban J connectivity index is 4.38. The third kappa shape index (κ3) is 32.6. The van der Waals surface area contributed by atoms with Crippen LogP contribution in [0.15, 0.2) is 0 Å². The van der Waals surface area contributed by atoms with E-state index < -0.39 is 0 Å². The van der Waals surface area contributed by atoms with Gasteiger partial charge in [0.05, 0.1) is 0 Å². The minimum absolute atomic E-state index is 0.00304. The second-order valence-corrected chi connectivity index (χ2v) is 13.9. The van der Waals surface area contributed by atoms with Crippen molar-refractivity contribution in [3.63, 3.8) is 0 Å². The Hall–Kier alpha value is -1.96. The largest absolute Gasteiger partial charge is 0.462 e. The van der Waals surface area contributed by atoms with Gasteiger partial charge in [0.15, 0.2) is 0 Å². The van der Waals surface area contributed by atoms with Crippen molar-refractivity contribution in [1.82, 2.24) is 15.5 Å². The third-order valence-electron chi connectivity index (χ3n) is 9.28. The highest BCUT2D eigenvalue weighted by Crippen LogP contribution is 2.18. The van der Waals surface area contributed by atoms with E-state index in [9.17, 15) is 19.2 Å². The Morgan fingerprint density at radius 1 is 0.604 bits per heavy atom. The molecule has 0 unspecified atom stereocenters. The molecule has 0 aromatic carbocycles. The van der Waals surface area contributed by atoms with Crippen LogP contribution in [-0.4, -0.2) is 68.3 Å². The molecule has 2 amide bonds. The van der Waals surface area contributed by atoms with Crippen LogP contribution in [0.1, 0.15) is 194 Å². The summed E-state index contributed by atoms with van der Waals surface area (Å²) in [4.78, 5) is 49.0. The number of amides is 2. The summed E-state index contributed by atoms with van der Waals surface area (Å²) in [5.41, 5.74) is 0. The number of rotatable bonds is 37. The van der Waals surface area contributed by atoms with Crippen molar-refractivity contribution in [1.29, 1.82) is 0 Å². The monoisotopic (exact) mass is 680 g/mol. The first-order valence-electron chi connectivity index (χ1n) is 20.3. The van der Waals surface area contributed by atoms with Gasteiger partial charge in [0.1, 0.15) is 18.8 Å². The fourth-order valence-corrected chi connectivity index (χ4v) is 6.20. The van der Waals surface area contributed by atoms with Crippen molar-refractivity contribution in [2.75, 3.05) is 33.2 Å². The minimum atomic E-state index is -0.268. The van der Waals surface area contributed by atoms with Gasteiger partial charge in [-0.2, -0.15) is 0 Å². The van der Waals surface area contributed by atoms with Crippen molar-refractivity contribution in [3.05, 3.63) is 0 Å². The van der Waals surface area contributed by atoms with Crippen LogP contribution in [-0.2, 0) is 23.9 Å². The van der Waals surface area contributed by atoms with Crippen molar-refractivity contribution >= 4 is 24.1 Å². The first kappa shape index (κ1) is 46.0. The molecule has 2 N–H and O–H groups in total. The van der Waals surface area contributed by atoms with Crippen LogP contribution >= 0.6 is 0 Å². The van der Waals surface area contributed by atoms with Gasteiger partial charge >= 0.3 is 5.97 Å². The highest BCUT2D eigenvalue weighted by Gasteiger charge is 2.14. The number of unbranched alkanes of at least 4 members (excludes halogenated alkanes) is 19. The molecular weight excluding hydrogens is 602 g/mol. The number of carbonyl (C=O) groups is 4. The molecular formula is C40H77N3O5. The summed E-state index contributed by atoms with van der Waals surface area (Å²) in [7, 11) is 1.54. The number of hydrogen-bond acceptors (Lipinski definition) is 6. The predicted octanol–water partition coefficient (Wildman–Crippen LogP) is 9.22. The summed E-state index contributed by atoms with van der Waals surface area (Å²) in [6.07, 6.45) is 31.3. The van der Waals surface area contributed by atoms with E-state index in [2.05, 4.69) is 29.4 Å². The molecule has 0 bridgehead atoms. The SMILES string of the molecule is CCCCCCCCC(CCCCCCCC)OC(=O)CCCCCCCN(CCCCCCCC=O)CCCNC(=O)CC(=O)NC. The third-order valence-corrected chi connectivity index (χ3v) is 9.28. The van der Waals surface area contributed by atoms with Gasteiger partial charge in [-0.25, -0.2) is 0 Å². The van der Waals surface area contributed by atoms with Gasteiger partial charge in [-0.15, -0.1) is 0 Å². The second kappa shape index (κ2) is 36.3. The Morgan fingerprint density at radius 3 is 1.62 bits per heavy atom. The van der Waals surface area contributed by atoms with Crippen molar-refractivity contribution in [3.8, 4) is 0 Å². The van der Waals surface area contributed by atoms with Gasteiger partial charge in [0, 0.05) is 26.4 Å². The molecule has 0 fully saturated rings.